The molecule has 0 amide bonds. The number of unbranched alkanes of at least 4 members (excludes halogenated alkanes) is 9. The molecule has 0 saturated heterocycles. The van der Waals surface area contributed by atoms with E-state index in [-0.39, 0.29) is 5.41 Å². The third-order valence-corrected chi connectivity index (χ3v) is 8.10. The van der Waals surface area contributed by atoms with Crippen molar-refractivity contribution in [2.24, 2.45) is 5.41 Å². The lowest BCUT2D eigenvalue weighted by molar-refractivity contribution is 0.222. The van der Waals surface area contributed by atoms with Gasteiger partial charge in [0.05, 0.1) is 11.5 Å². The molecule has 1 aliphatic rings. The number of aryl methyl sites for hydroxylation is 1. The molecule has 1 aromatic carbocycles. The second-order valence-electron chi connectivity index (χ2n) is 10.9. The Morgan fingerprint density at radius 3 is 1.97 bits per heavy atom. The molecule has 190 valence electrons. The highest BCUT2D eigenvalue weighted by molar-refractivity contribution is 5.55. The van der Waals surface area contributed by atoms with Crippen LogP contribution >= 0.6 is 0 Å². The van der Waals surface area contributed by atoms with E-state index >= 15 is 0 Å². The van der Waals surface area contributed by atoms with Gasteiger partial charge in [0, 0.05) is 18.0 Å². The molecule has 1 saturated carbocycles. The molecule has 0 radical (unpaired) electrons. The summed E-state index contributed by atoms with van der Waals surface area (Å²) in [5.41, 5.74) is 3.65. The molecule has 0 atom stereocenters. The van der Waals surface area contributed by atoms with Crippen LogP contribution in [0, 0.1) is 16.7 Å². The zero-order valence-electron chi connectivity index (χ0n) is 22.4. The van der Waals surface area contributed by atoms with Gasteiger partial charge in [-0.05, 0) is 62.0 Å². The average molecular weight is 474 g/mol. The van der Waals surface area contributed by atoms with Gasteiger partial charge in [-0.25, -0.2) is 9.97 Å². The maximum atomic E-state index is 9.98. The molecule has 1 aromatic heterocycles. The Morgan fingerprint density at radius 2 is 1.37 bits per heavy atom. The molecule has 2 aromatic rings. The van der Waals surface area contributed by atoms with Crippen molar-refractivity contribution in [3.63, 3.8) is 0 Å². The Balaban J connectivity index is 1.43. The molecule has 1 fully saturated rings. The third-order valence-electron chi connectivity index (χ3n) is 8.10. The van der Waals surface area contributed by atoms with E-state index in [1.807, 2.05) is 12.4 Å². The second-order valence-corrected chi connectivity index (χ2v) is 10.9. The quantitative estimate of drug-likeness (QED) is 0.242. The molecule has 35 heavy (non-hydrogen) atoms. The Labute approximate surface area is 214 Å². The fourth-order valence-electron chi connectivity index (χ4n) is 5.64. The molecule has 0 spiro atoms. The van der Waals surface area contributed by atoms with E-state index in [4.69, 9.17) is 0 Å². The number of benzene rings is 1. The standard InChI is InChI=1S/C32H47N3/c1-3-5-7-8-9-10-11-13-21-32(26-33)22-19-29(20-23-32)28-15-17-30(18-16-28)31-34-24-27(25-35-31)14-12-6-4-2/h15-18,24-25,29H,3-14,19-23H2,1-2H3. The first-order chi connectivity index (χ1) is 17.2. The molecular weight excluding hydrogens is 426 g/mol. The zero-order valence-corrected chi connectivity index (χ0v) is 22.4. The van der Waals surface area contributed by atoms with Gasteiger partial charge in [0.2, 0.25) is 0 Å². The smallest absolute Gasteiger partial charge is 0.159 e. The van der Waals surface area contributed by atoms with Crippen LogP contribution in [0.1, 0.15) is 134 Å². The van der Waals surface area contributed by atoms with E-state index < -0.39 is 0 Å². The molecule has 3 rings (SSSR count). The summed E-state index contributed by atoms with van der Waals surface area (Å²) in [6, 6.07) is 11.6. The number of nitriles is 1. The van der Waals surface area contributed by atoms with Gasteiger partial charge in [0.15, 0.2) is 5.82 Å². The predicted octanol–water partition coefficient (Wildman–Crippen LogP) is 9.57. The van der Waals surface area contributed by atoms with E-state index in [0.29, 0.717) is 5.92 Å². The van der Waals surface area contributed by atoms with Crippen molar-refractivity contribution in [2.75, 3.05) is 0 Å². The molecule has 3 heteroatoms. The number of hydrogen-bond acceptors (Lipinski definition) is 3. The van der Waals surface area contributed by atoms with Gasteiger partial charge in [-0.15, -0.1) is 0 Å². The molecule has 1 heterocycles. The van der Waals surface area contributed by atoms with Gasteiger partial charge < -0.3 is 0 Å². The number of aromatic nitrogens is 2. The Morgan fingerprint density at radius 1 is 0.800 bits per heavy atom. The lowest BCUT2D eigenvalue weighted by Crippen LogP contribution is -2.25. The van der Waals surface area contributed by atoms with Crippen molar-refractivity contribution in [3.8, 4) is 17.5 Å². The Kier molecular flexibility index (Phi) is 11.8. The van der Waals surface area contributed by atoms with Crippen molar-refractivity contribution in [1.82, 2.24) is 9.97 Å². The minimum Gasteiger partial charge on any atom is -0.236 e. The zero-order chi connectivity index (χ0) is 24.8. The summed E-state index contributed by atoms with van der Waals surface area (Å²) in [6.45, 7) is 4.50. The Bertz CT molecular complexity index is 871. The molecule has 0 N–H and O–H groups in total. The average Bonchev–Trinajstić information content (AvgIpc) is 2.91. The van der Waals surface area contributed by atoms with Gasteiger partial charge in [-0.1, -0.05) is 102 Å². The predicted molar refractivity (Wildman–Crippen MR) is 147 cm³/mol. The monoisotopic (exact) mass is 473 g/mol. The third kappa shape index (κ3) is 8.75. The van der Waals surface area contributed by atoms with Crippen LogP contribution in [0.5, 0.6) is 0 Å². The first-order valence-electron chi connectivity index (χ1n) is 14.5. The topological polar surface area (TPSA) is 49.6 Å². The second kappa shape index (κ2) is 15.0. The maximum absolute atomic E-state index is 9.98. The van der Waals surface area contributed by atoms with Crippen molar-refractivity contribution in [1.29, 1.82) is 5.26 Å². The van der Waals surface area contributed by atoms with E-state index in [1.165, 1.54) is 81.8 Å². The molecule has 0 aliphatic heterocycles. The molecule has 1 aliphatic carbocycles. The summed E-state index contributed by atoms with van der Waals surface area (Å²) in [4.78, 5) is 9.23. The lowest BCUT2D eigenvalue weighted by atomic mass is 9.67. The molecule has 0 bridgehead atoms. The van der Waals surface area contributed by atoms with Gasteiger partial charge in [0.1, 0.15) is 0 Å². The van der Waals surface area contributed by atoms with Crippen LogP contribution in [-0.4, -0.2) is 9.97 Å². The minimum absolute atomic E-state index is 0.0780. The highest BCUT2D eigenvalue weighted by Gasteiger charge is 2.35. The largest absolute Gasteiger partial charge is 0.236 e. The van der Waals surface area contributed by atoms with Crippen LogP contribution in [0.3, 0.4) is 0 Å². The van der Waals surface area contributed by atoms with Crippen LogP contribution in [0.2, 0.25) is 0 Å². The van der Waals surface area contributed by atoms with Crippen molar-refractivity contribution >= 4 is 0 Å². The number of nitrogens with zero attached hydrogens (tertiary/aromatic N) is 3. The van der Waals surface area contributed by atoms with Gasteiger partial charge in [-0.2, -0.15) is 5.26 Å². The lowest BCUT2D eigenvalue weighted by Gasteiger charge is -2.35. The Hall–Kier alpha value is -2.21. The molecule has 0 unspecified atom stereocenters. The summed E-state index contributed by atoms with van der Waals surface area (Å²) >= 11 is 0. The van der Waals surface area contributed by atoms with Crippen molar-refractivity contribution in [2.45, 2.75) is 129 Å². The van der Waals surface area contributed by atoms with E-state index in [2.05, 4.69) is 54.2 Å². The van der Waals surface area contributed by atoms with E-state index in [9.17, 15) is 5.26 Å². The molecular formula is C32H47N3. The highest BCUT2D eigenvalue weighted by atomic mass is 14.9. The van der Waals surface area contributed by atoms with Gasteiger partial charge in [-0.3, -0.25) is 0 Å². The van der Waals surface area contributed by atoms with E-state index in [0.717, 1.165) is 49.9 Å². The van der Waals surface area contributed by atoms with Crippen molar-refractivity contribution in [3.05, 3.63) is 47.8 Å². The summed E-state index contributed by atoms with van der Waals surface area (Å²) in [6.07, 6.45) is 24.9. The summed E-state index contributed by atoms with van der Waals surface area (Å²) in [5, 5.41) is 9.98. The first-order valence-corrected chi connectivity index (χ1v) is 14.5. The highest BCUT2D eigenvalue weighted by Crippen LogP contribution is 2.45. The van der Waals surface area contributed by atoms with Crippen LogP contribution in [0.4, 0.5) is 0 Å². The van der Waals surface area contributed by atoms with E-state index in [1.54, 1.807) is 0 Å². The van der Waals surface area contributed by atoms with Crippen LogP contribution in [-0.2, 0) is 6.42 Å². The van der Waals surface area contributed by atoms with Crippen LogP contribution in [0.15, 0.2) is 36.7 Å². The number of rotatable bonds is 15. The minimum atomic E-state index is -0.0780. The summed E-state index contributed by atoms with van der Waals surface area (Å²) in [5.74, 6) is 1.39. The summed E-state index contributed by atoms with van der Waals surface area (Å²) in [7, 11) is 0. The maximum Gasteiger partial charge on any atom is 0.159 e. The number of hydrogen-bond donors (Lipinski definition) is 0. The summed E-state index contributed by atoms with van der Waals surface area (Å²) < 4.78 is 0. The van der Waals surface area contributed by atoms with Crippen LogP contribution in [0.25, 0.3) is 11.4 Å². The first kappa shape index (κ1) is 27.4. The molecule has 3 nitrogen and oxygen atoms in total. The van der Waals surface area contributed by atoms with Crippen LogP contribution < -0.4 is 0 Å². The SMILES string of the molecule is CCCCCCCCCCC1(C#N)CCC(c2ccc(-c3ncc(CCCCC)cn3)cc2)CC1. The fourth-order valence-corrected chi connectivity index (χ4v) is 5.64. The van der Waals surface area contributed by atoms with Crippen molar-refractivity contribution < 1.29 is 0 Å². The normalized spacial score (nSPS) is 20.0. The fraction of sp³-hybridized carbons (Fsp3) is 0.656. The van der Waals surface area contributed by atoms with Gasteiger partial charge >= 0.3 is 0 Å². The van der Waals surface area contributed by atoms with Gasteiger partial charge in [0.25, 0.3) is 0 Å².